The number of carbonyl (C=O) groups excluding carboxylic acids is 1. The fourth-order valence-electron chi connectivity index (χ4n) is 4.67. The molecule has 192 valence electrons. The molecule has 1 aliphatic carbocycles. The molecule has 0 aliphatic heterocycles. The lowest BCUT2D eigenvalue weighted by atomic mass is 9.83. The number of aryl methyl sites for hydroxylation is 1. The number of carbonyl (C=O) groups is 1. The maximum Gasteiger partial charge on any atom is 0.422 e. The molecule has 7 nitrogen and oxygen atoms in total. The lowest BCUT2D eigenvalue weighted by molar-refractivity contribution is -0.137. The zero-order chi connectivity index (χ0) is 26.4. The highest BCUT2D eigenvalue weighted by molar-refractivity contribution is 5.88. The normalized spacial score (nSPS) is 14.6. The van der Waals surface area contributed by atoms with E-state index in [9.17, 15) is 23.1 Å². The average Bonchev–Trinajstić information content (AvgIpc) is 3.52. The Morgan fingerprint density at radius 3 is 2.41 bits per heavy atom. The van der Waals surface area contributed by atoms with E-state index in [1.807, 2.05) is 0 Å². The van der Waals surface area contributed by atoms with Crippen LogP contribution in [0.4, 0.5) is 13.2 Å². The van der Waals surface area contributed by atoms with E-state index in [0.717, 1.165) is 5.56 Å². The van der Waals surface area contributed by atoms with Crippen LogP contribution in [0, 0.1) is 0 Å². The number of hydrogen-bond acceptors (Lipinski definition) is 7. The van der Waals surface area contributed by atoms with Crippen molar-refractivity contribution < 1.29 is 37.2 Å². The predicted octanol–water partition coefficient (Wildman–Crippen LogP) is 5.33. The number of hydrogen-bond donors (Lipinski definition) is 2. The number of fused-ring (bicyclic) bond motifs is 3. The van der Waals surface area contributed by atoms with Gasteiger partial charge in [-0.25, -0.2) is 0 Å². The number of rotatable bonds is 7. The highest BCUT2D eigenvalue weighted by atomic mass is 19.4. The van der Waals surface area contributed by atoms with Gasteiger partial charge < -0.3 is 19.3 Å². The predicted molar refractivity (Wildman–Crippen MR) is 126 cm³/mol. The van der Waals surface area contributed by atoms with E-state index in [-0.39, 0.29) is 30.8 Å². The highest BCUT2D eigenvalue weighted by Crippen LogP contribution is 2.46. The molecule has 2 aromatic heterocycles. The van der Waals surface area contributed by atoms with Crippen molar-refractivity contribution in [2.75, 3.05) is 6.61 Å². The van der Waals surface area contributed by atoms with Gasteiger partial charge in [-0.3, -0.25) is 4.79 Å². The summed E-state index contributed by atoms with van der Waals surface area (Å²) in [5.74, 6) is -0.919. The van der Waals surface area contributed by atoms with Crippen molar-refractivity contribution >= 4 is 5.78 Å². The van der Waals surface area contributed by atoms with Gasteiger partial charge in [0.15, 0.2) is 23.0 Å². The molecule has 0 radical (unpaired) electrons. The van der Waals surface area contributed by atoms with Gasteiger partial charge in [0.05, 0.1) is 0 Å². The molecule has 2 heterocycles. The van der Waals surface area contributed by atoms with Crippen molar-refractivity contribution in [1.82, 2.24) is 10.3 Å². The smallest absolute Gasteiger partial charge is 0.396 e. The Balaban J connectivity index is 1.55. The minimum atomic E-state index is -4.75. The fraction of sp³-hybridized carbons (Fsp3) is 0.296. The summed E-state index contributed by atoms with van der Waals surface area (Å²) in [6.45, 7) is 1.25. The van der Waals surface area contributed by atoms with E-state index >= 15 is 0 Å². The largest absolute Gasteiger partial charge is 0.422 e. The Bertz CT molecular complexity index is 1450. The van der Waals surface area contributed by atoms with Gasteiger partial charge >= 0.3 is 6.18 Å². The Morgan fingerprint density at radius 2 is 1.70 bits per heavy atom. The van der Waals surface area contributed by atoms with Crippen LogP contribution < -0.4 is 0 Å². The Kier molecular flexibility index (Phi) is 6.25. The third kappa shape index (κ3) is 4.36. The quantitative estimate of drug-likeness (QED) is 0.344. The molecule has 1 aliphatic rings. The highest BCUT2D eigenvalue weighted by Gasteiger charge is 2.43. The summed E-state index contributed by atoms with van der Waals surface area (Å²) in [6, 6.07) is 12.9. The van der Waals surface area contributed by atoms with Crippen LogP contribution in [-0.2, 0) is 29.4 Å². The van der Waals surface area contributed by atoms with E-state index in [4.69, 9.17) is 14.2 Å². The van der Waals surface area contributed by atoms with Gasteiger partial charge in [0.1, 0.15) is 16.9 Å². The Morgan fingerprint density at radius 1 is 1.00 bits per heavy atom. The first-order valence-corrected chi connectivity index (χ1v) is 11.7. The maximum atomic E-state index is 14.2. The second-order valence-corrected chi connectivity index (χ2v) is 9.13. The van der Waals surface area contributed by atoms with Crippen molar-refractivity contribution in [3.05, 3.63) is 70.8 Å². The second-order valence-electron chi connectivity index (χ2n) is 9.13. The first-order chi connectivity index (χ1) is 17.6. The van der Waals surface area contributed by atoms with Crippen LogP contribution in [0.2, 0.25) is 0 Å². The monoisotopic (exact) mass is 512 g/mol. The number of nitrogens with zero attached hydrogens (tertiary/aromatic N) is 2. The number of Topliss-reactive ketones (excluding diaryl/α,β-unsaturated/α-hetero) is 1. The first kappa shape index (κ1) is 24.9. The van der Waals surface area contributed by atoms with Gasteiger partial charge in [0.25, 0.3) is 0 Å². The van der Waals surface area contributed by atoms with Crippen molar-refractivity contribution in [3.63, 3.8) is 0 Å². The maximum absolute atomic E-state index is 14.2. The Labute approximate surface area is 209 Å². The molecule has 0 saturated heterocycles. The molecular formula is C27H23F3N2O5. The molecule has 0 amide bonds. The van der Waals surface area contributed by atoms with Crippen LogP contribution in [0.5, 0.6) is 0 Å². The van der Waals surface area contributed by atoms with Gasteiger partial charge in [0.2, 0.25) is 0 Å². The van der Waals surface area contributed by atoms with E-state index in [0.29, 0.717) is 35.2 Å². The molecule has 1 atom stereocenters. The van der Waals surface area contributed by atoms with Gasteiger partial charge in [-0.05, 0) is 37.3 Å². The van der Waals surface area contributed by atoms with Gasteiger partial charge in [-0.1, -0.05) is 58.8 Å². The average molecular weight is 512 g/mol. The molecule has 2 aromatic carbocycles. The van der Waals surface area contributed by atoms with Crippen LogP contribution in [0.15, 0.2) is 57.6 Å². The number of aromatic nitrogens is 2. The van der Waals surface area contributed by atoms with E-state index in [1.54, 1.807) is 36.4 Å². The number of aliphatic hydroxyl groups excluding tert-OH is 1. The van der Waals surface area contributed by atoms with E-state index in [2.05, 4.69) is 10.3 Å². The number of alkyl halides is 3. The van der Waals surface area contributed by atoms with Gasteiger partial charge in [-0.15, -0.1) is 0 Å². The van der Waals surface area contributed by atoms with Crippen LogP contribution in [-0.4, -0.2) is 32.9 Å². The molecule has 2 N–H and O–H groups in total. The standard InChI is InChI=1S/C27H23F3N2O5/c1-26(35,20(34)8-5-13-33)17-10-12-18-16(14-17)9-11-19-22(18)31-37-25(19)23-21(27(28,29)30)24(36-32-23)15-6-3-2-4-7-15/h2-4,6-7,10,12,14,33,35H,5,8-9,11,13H2,1H3/t26-/m0/s1. The lowest BCUT2D eigenvalue weighted by Gasteiger charge is -2.25. The molecule has 5 rings (SSSR count). The Hall–Kier alpha value is -3.76. The fourth-order valence-corrected chi connectivity index (χ4v) is 4.67. The third-order valence-electron chi connectivity index (χ3n) is 6.69. The van der Waals surface area contributed by atoms with Crippen LogP contribution in [0.25, 0.3) is 34.0 Å². The van der Waals surface area contributed by atoms with E-state index < -0.39 is 34.6 Å². The molecule has 0 saturated carbocycles. The number of aliphatic hydroxyl groups is 2. The SMILES string of the molecule is C[C@@](O)(C(=O)CCCO)c1ccc2c(c1)CCc1c-2noc1-c1noc(-c2ccccc2)c1C(F)(F)F. The van der Waals surface area contributed by atoms with Crippen LogP contribution >= 0.6 is 0 Å². The summed E-state index contributed by atoms with van der Waals surface area (Å²) in [5, 5.41) is 27.6. The minimum absolute atomic E-state index is 0.0294. The molecule has 37 heavy (non-hydrogen) atoms. The summed E-state index contributed by atoms with van der Waals surface area (Å²) in [5.41, 5.74) is -0.328. The second kappa shape index (κ2) is 9.28. The van der Waals surface area contributed by atoms with Crippen molar-refractivity contribution in [2.45, 2.75) is 44.4 Å². The summed E-state index contributed by atoms with van der Waals surface area (Å²) in [4.78, 5) is 12.5. The summed E-state index contributed by atoms with van der Waals surface area (Å²) < 4.78 is 53.1. The molecule has 0 unspecified atom stereocenters. The molecule has 10 heteroatoms. The topological polar surface area (TPSA) is 110 Å². The zero-order valence-corrected chi connectivity index (χ0v) is 19.8. The van der Waals surface area contributed by atoms with Gasteiger partial charge in [0, 0.05) is 29.7 Å². The van der Waals surface area contributed by atoms with Crippen LogP contribution in [0.3, 0.4) is 0 Å². The van der Waals surface area contributed by atoms with Crippen molar-refractivity contribution in [2.24, 2.45) is 0 Å². The molecular weight excluding hydrogens is 489 g/mol. The third-order valence-corrected chi connectivity index (χ3v) is 6.69. The summed E-state index contributed by atoms with van der Waals surface area (Å²) in [7, 11) is 0. The number of halogens is 3. The summed E-state index contributed by atoms with van der Waals surface area (Å²) >= 11 is 0. The molecule has 0 spiro atoms. The van der Waals surface area contributed by atoms with E-state index in [1.165, 1.54) is 19.1 Å². The molecule has 0 fully saturated rings. The van der Waals surface area contributed by atoms with Crippen LogP contribution in [0.1, 0.15) is 42.0 Å². The first-order valence-electron chi connectivity index (χ1n) is 11.7. The van der Waals surface area contributed by atoms with Crippen molar-refractivity contribution in [1.29, 1.82) is 0 Å². The number of benzene rings is 2. The lowest BCUT2D eigenvalue weighted by Crippen LogP contribution is -2.32. The zero-order valence-electron chi connectivity index (χ0n) is 19.8. The van der Waals surface area contributed by atoms with Crippen molar-refractivity contribution in [3.8, 4) is 34.0 Å². The minimum Gasteiger partial charge on any atom is -0.396 e. The van der Waals surface area contributed by atoms with Gasteiger partial charge in [-0.2, -0.15) is 13.2 Å². The summed E-state index contributed by atoms with van der Waals surface area (Å²) in [6.07, 6.45) is -3.73. The number of ketones is 1. The molecule has 0 bridgehead atoms. The molecule has 4 aromatic rings.